The molecule has 0 aliphatic carbocycles. The molecular weight excluding hydrogens is 548 g/mol. The number of phenols is 2. The number of nitrogens with zero attached hydrogens (tertiary/aromatic N) is 4. The van der Waals surface area contributed by atoms with E-state index in [0.717, 1.165) is 50.4 Å². The summed E-state index contributed by atoms with van der Waals surface area (Å²) in [6.45, 7) is 6.64. The lowest BCUT2D eigenvalue weighted by Gasteiger charge is -2.34. The third kappa shape index (κ3) is 7.75. The number of hydrogen-bond donors (Lipinski definition) is 4. The predicted molar refractivity (Wildman–Crippen MR) is 161 cm³/mol. The minimum atomic E-state index is -0.158. The topological polar surface area (TPSA) is 130 Å². The summed E-state index contributed by atoms with van der Waals surface area (Å²) in [6.07, 6.45) is 3.58. The van der Waals surface area contributed by atoms with E-state index in [1.54, 1.807) is 60.7 Å². The van der Waals surface area contributed by atoms with Gasteiger partial charge in [0, 0.05) is 39.3 Å². The molecule has 2 aromatic carbocycles. The lowest BCUT2D eigenvalue weighted by molar-refractivity contribution is -0.116. The fourth-order valence-electron chi connectivity index (χ4n) is 4.27. The number of phenolic OH excluding ortho intramolecular Hbond substituents is 2. The van der Waals surface area contributed by atoms with Crippen LogP contribution in [-0.4, -0.2) is 94.5 Å². The third-order valence-electron chi connectivity index (χ3n) is 6.49. The lowest BCUT2D eigenvalue weighted by atomic mass is 10.2. The predicted octanol–water partition coefficient (Wildman–Crippen LogP) is 2.54. The molecule has 12 heteroatoms. The SMILES string of the molecule is O=C1NC(=NCCN2CCN(CCN=C3NC(=O)/C(=C/c4ccc(O)cc4)S3)CC2)S/C1=C\c1ccc(O)cc1. The van der Waals surface area contributed by atoms with Crippen LogP contribution in [0.3, 0.4) is 0 Å². The van der Waals surface area contributed by atoms with Crippen molar-refractivity contribution in [3.05, 3.63) is 69.5 Å². The van der Waals surface area contributed by atoms with Crippen molar-refractivity contribution < 1.29 is 19.8 Å². The second-order valence-electron chi connectivity index (χ2n) is 9.37. The summed E-state index contributed by atoms with van der Waals surface area (Å²) in [5.74, 6) is 0.0651. The Balaban J connectivity index is 1.01. The van der Waals surface area contributed by atoms with Crippen LogP contribution in [0.4, 0.5) is 0 Å². The first kappa shape index (κ1) is 28.0. The smallest absolute Gasteiger partial charge is 0.264 e. The molecule has 5 rings (SSSR count). The number of aliphatic imine (C=N–C) groups is 2. The number of nitrogens with one attached hydrogen (secondary N) is 2. The van der Waals surface area contributed by atoms with E-state index in [1.165, 1.54) is 23.5 Å². The highest BCUT2D eigenvalue weighted by Crippen LogP contribution is 2.27. The van der Waals surface area contributed by atoms with Gasteiger partial charge in [-0.25, -0.2) is 0 Å². The van der Waals surface area contributed by atoms with Crippen LogP contribution in [0.5, 0.6) is 11.5 Å². The first-order chi connectivity index (χ1) is 19.4. The highest BCUT2D eigenvalue weighted by Gasteiger charge is 2.25. The van der Waals surface area contributed by atoms with Gasteiger partial charge in [-0.1, -0.05) is 24.3 Å². The monoisotopic (exact) mass is 578 g/mol. The van der Waals surface area contributed by atoms with Gasteiger partial charge in [0.15, 0.2) is 10.3 Å². The number of amidine groups is 2. The molecule has 40 heavy (non-hydrogen) atoms. The fourth-order valence-corrected chi connectivity index (χ4v) is 5.96. The van der Waals surface area contributed by atoms with Gasteiger partial charge in [0.25, 0.3) is 11.8 Å². The van der Waals surface area contributed by atoms with E-state index in [4.69, 9.17) is 0 Å². The van der Waals surface area contributed by atoms with Crippen LogP contribution in [0.25, 0.3) is 12.2 Å². The lowest BCUT2D eigenvalue weighted by Crippen LogP contribution is -2.47. The normalized spacial score (nSPS) is 22.5. The second-order valence-corrected chi connectivity index (χ2v) is 11.4. The van der Waals surface area contributed by atoms with Crippen molar-refractivity contribution in [3.8, 4) is 11.5 Å². The zero-order valence-electron chi connectivity index (χ0n) is 21.7. The number of hydrogen-bond acceptors (Lipinski definition) is 10. The first-order valence-corrected chi connectivity index (χ1v) is 14.6. The maximum atomic E-state index is 12.3. The van der Waals surface area contributed by atoms with E-state index >= 15 is 0 Å². The Kier molecular flexibility index (Phi) is 9.22. The summed E-state index contributed by atoms with van der Waals surface area (Å²) in [5, 5.41) is 25.7. The van der Waals surface area contributed by atoms with Crippen LogP contribution in [0.15, 0.2) is 68.3 Å². The number of amides is 2. The van der Waals surface area contributed by atoms with E-state index in [1.807, 2.05) is 0 Å². The van der Waals surface area contributed by atoms with E-state index < -0.39 is 0 Å². The molecule has 0 radical (unpaired) electrons. The van der Waals surface area contributed by atoms with Gasteiger partial charge in [-0.3, -0.25) is 29.4 Å². The number of carbonyl (C=O) groups excluding carboxylic acids is 2. The molecule has 4 N–H and O–H groups in total. The molecular formula is C28H30N6O4S2. The van der Waals surface area contributed by atoms with Gasteiger partial charge >= 0.3 is 0 Å². The van der Waals surface area contributed by atoms with Crippen molar-refractivity contribution in [3.63, 3.8) is 0 Å². The summed E-state index contributed by atoms with van der Waals surface area (Å²) in [7, 11) is 0. The Bertz CT molecular complexity index is 1260. The molecule has 2 aromatic rings. The highest BCUT2D eigenvalue weighted by atomic mass is 32.2. The number of carbonyl (C=O) groups is 2. The summed E-state index contributed by atoms with van der Waals surface area (Å²) in [4.78, 5) is 39.6. The van der Waals surface area contributed by atoms with Crippen LogP contribution in [-0.2, 0) is 9.59 Å². The Morgan fingerprint density at radius 2 is 1.05 bits per heavy atom. The Morgan fingerprint density at radius 3 is 1.43 bits per heavy atom. The second kappa shape index (κ2) is 13.2. The van der Waals surface area contributed by atoms with Crippen molar-refractivity contribution in [1.82, 2.24) is 20.4 Å². The van der Waals surface area contributed by atoms with E-state index in [9.17, 15) is 19.8 Å². The summed E-state index contributed by atoms with van der Waals surface area (Å²) in [6, 6.07) is 13.4. The van der Waals surface area contributed by atoms with Gasteiger partial charge in [-0.2, -0.15) is 0 Å². The fraction of sp³-hybridized carbons (Fsp3) is 0.286. The molecule has 3 fully saturated rings. The molecule has 2 amide bonds. The number of thioether (sulfide) groups is 2. The molecule has 3 heterocycles. The van der Waals surface area contributed by atoms with Gasteiger partial charge < -0.3 is 20.8 Å². The number of benzene rings is 2. The van der Waals surface area contributed by atoms with Crippen molar-refractivity contribution in [1.29, 1.82) is 0 Å². The summed E-state index contributed by atoms with van der Waals surface area (Å²) < 4.78 is 0. The van der Waals surface area contributed by atoms with Crippen LogP contribution in [0.1, 0.15) is 11.1 Å². The van der Waals surface area contributed by atoms with E-state index in [2.05, 4.69) is 30.4 Å². The van der Waals surface area contributed by atoms with Crippen LogP contribution >= 0.6 is 23.5 Å². The number of piperazine rings is 1. The standard InChI is InChI=1S/C28H30N6O4S2/c35-21-5-1-19(2-6-21)17-23-25(37)31-27(39-23)29-9-11-33-13-15-34(16-14-33)12-10-30-28-32-26(38)24(40-28)18-20-3-7-22(36)8-4-20/h1-8,17-18,35-36H,9-16H2,(H,29,31,37)(H,30,32,38)/b23-17-,24-18-. The van der Waals surface area contributed by atoms with Gasteiger partial charge in [0.05, 0.1) is 22.9 Å². The third-order valence-corrected chi connectivity index (χ3v) is 8.39. The summed E-state index contributed by atoms with van der Waals surface area (Å²) in [5.41, 5.74) is 1.69. The molecule has 0 atom stereocenters. The maximum Gasteiger partial charge on any atom is 0.264 e. The zero-order chi connectivity index (χ0) is 27.9. The van der Waals surface area contributed by atoms with E-state index in [0.29, 0.717) is 33.2 Å². The quantitative estimate of drug-likeness (QED) is 0.352. The molecule has 3 saturated heterocycles. The molecule has 3 aliphatic rings. The van der Waals surface area contributed by atoms with Gasteiger partial charge in [0.2, 0.25) is 0 Å². The molecule has 3 aliphatic heterocycles. The first-order valence-electron chi connectivity index (χ1n) is 12.9. The molecule has 0 aromatic heterocycles. The Labute approximate surface area is 240 Å². The number of aromatic hydroxyl groups is 2. The van der Waals surface area contributed by atoms with Crippen LogP contribution in [0.2, 0.25) is 0 Å². The minimum Gasteiger partial charge on any atom is -0.508 e. The summed E-state index contributed by atoms with van der Waals surface area (Å²) >= 11 is 2.67. The molecule has 0 unspecified atom stereocenters. The zero-order valence-corrected chi connectivity index (χ0v) is 23.4. The Hall–Kier alpha value is -3.58. The van der Waals surface area contributed by atoms with Gasteiger partial charge in [-0.15, -0.1) is 0 Å². The molecule has 0 bridgehead atoms. The van der Waals surface area contributed by atoms with Crippen molar-refractivity contribution >= 4 is 57.8 Å². The largest absolute Gasteiger partial charge is 0.508 e. The molecule has 0 saturated carbocycles. The van der Waals surface area contributed by atoms with Crippen LogP contribution < -0.4 is 10.6 Å². The average Bonchev–Trinajstić information content (AvgIpc) is 3.48. The highest BCUT2D eigenvalue weighted by molar-refractivity contribution is 8.19. The molecule has 208 valence electrons. The number of rotatable bonds is 8. The maximum absolute atomic E-state index is 12.3. The van der Waals surface area contributed by atoms with E-state index in [-0.39, 0.29) is 23.3 Å². The minimum absolute atomic E-state index is 0.158. The van der Waals surface area contributed by atoms with Crippen molar-refractivity contribution in [2.24, 2.45) is 9.98 Å². The van der Waals surface area contributed by atoms with Gasteiger partial charge in [0.1, 0.15) is 11.5 Å². The van der Waals surface area contributed by atoms with Crippen molar-refractivity contribution in [2.75, 3.05) is 52.4 Å². The van der Waals surface area contributed by atoms with Crippen molar-refractivity contribution in [2.45, 2.75) is 0 Å². The molecule has 10 nitrogen and oxygen atoms in total. The van der Waals surface area contributed by atoms with Gasteiger partial charge in [-0.05, 0) is 71.1 Å². The molecule has 0 spiro atoms. The average molecular weight is 579 g/mol. The van der Waals surface area contributed by atoms with Crippen LogP contribution in [0, 0.1) is 0 Å². The Morgan fingerprint density at radius 1 is 0.675 bits per heavy atom.